The van der Waals surface area contributed by atoms with Crippen molar-refractivity contribution in [3.05, 3.63) is 71.2 Å². The molecule has 0 aliphatic carbocycles. The van der Waals surface area contributed by atoms with Gasteiger partial charge in [0, 0.05) is 19.0 Å². The molecule has 0 aliphatic heterocycles. The number of aromatic amines is 1. The van der Waals surface area contributed by atoms with Gasteiger partial charge in [0.05, 0.1) is 49.4 Å². The Morgan fingerprint density at radius 3 is 2.59 bits per heavy atom. The van der Waals surface area contributed by atoms with Crippen LogP contribution in [0.1, 0.15) is 31.6 Å². The smallest absolute Gasteiger partial charge is 0.261 e. The van der Waals surface area contributed by atoms with E-state index in [1.54, 1.807) is 18.3 Å². The van der Waals surface area contributed by atoms with E-state index >= 15 is 0 Å². The van der Waals surface area contributed by atoms with E-state index in [-0.39, 0.29) is 23.9 Å². The zero-order chi connectivity index (χ0) is 24.1. The molecule has 0 spiro atoms. The molecule has 0 fully saturated rings. The van der Waals surface area contributed by atoms with Gasteiger partial charge in [-0.3, -0.25) is 14.2 Å². The van der Waals surface area contributed by atoms with Gasteiger partial charge in [-0.25, -0.2) is 9.97 Å². The molecule has 1 unspecified atom stereocenters. The van der Waals surface area contributed by atoms with Crippen molar-refractivity contribution in [1.82, 2.24) is 24.8 Å². The average molecular weight is 462 g/mol. The Bertz CT molecular complexity index is 1350. The van der Waals surface area contributed by atoms with Gasteiger partial charge in [0.15, 0.2) is 11.5 Å². The monoisotopic (exact) mass is 461 g/mol. The van der Waals surface area contributed by atoms with Crippen molar-refractivity contribution >= 4 is 16.8 Å². The second-order valence-corrected chi connectivity index (χ2v) is 7.91. The molecule has 176 valence electrons. The summed E-state index contributed by atoms with van der Waals surface area (Å²) in [6, 6.07) is 12.9. The van der Waals surface area contributed by atoms with Crippen LogP contribution in [0.3, 0.4) is 0 Å². The number of fused-ring (bicyclic) bond motifs is 1. The molecule has 0 saturated heterocycles. The first-order chi connectivity index (χ1) is 16.5. The van der Waals surface area contributed by atoms with E-state index in [2.05, 4.69) is 20.3 Å². The Hall–Kier alpha value is -4.14. The Kier molecular flexibility index (Phi) is 6.91. The Labute approximate surface area is 196 Å². The van der Waals surface area contributed by atoms with Crippen molar-refractivity contribution in [1.29, 1.82) is 0 Å². The first-order valence-electron chi connectivity index (χ1n) is 11.0. The second-order valence-electron chi connectivity index (χ2n) is 7.91. The number of nitrogens with zero attached hydrogens (tertiary/aromatic N) is 3. The quantitative estimate of drug-likeness (QED) is 0.395. The molecule has 0 saturated carbocycles. The van der Waals surface area contributed by atoms with Gasteiger partial charge >= 0.3 is 0 Å². The van der Waals surface area contributed by atoms with E-state index in [4.69, 9.17) is 9.47 Å². The molecule has 2 aromatic carbocycles. The van der Waals surface area contributed by atoms with Gasteiger partial charge in [-0.1, -0.05) is 30.3 Å². The van der Waals surface area contributed by atoms with Gasteiger partial charge in [0.1, 0.15) is 5.82 Å². The molecule has 4 rings (SSSR count). The van der Waals surface area contributed by atoms with Crippen molar-refractivity contribution < 1.29 is 14.3 Å². The van der Waals surface area contributed by atoms with E-state index in [1.165, 1.54) is 25.1 Å². The highest BCUT2D eigenvalue weighted by Gasteiger charge is 2.14. The number of hydrogen-bond donors (Lipinski definition) is 2. The number of aromatic nitrogens is 4. The largest absolute Gasteiger partial charge is 0.493 e. The SMILES string of the molecule is COc1cc2ncn(CCCC(=O)NC(C)c3ncc(-c4ccccc4)[nH]3)c(=O)c2cc1OC. The molecule has 0 bridgehead atoms. The summed E-state index contributed by atoms with van der Waals surface area (Å²) in [5, 5.41) is 3.39. The molecule has 2 N–H and O–H groups in total. The summed E-state index contributed by atoms with van der Waals surface area (Å²) in [5.41, 5.74) is 2.27. The molecule has 2 heterocycles. The molecule has 4 aromatic rings. The fourth-order valence-electron chi connectivity index (χ4n) is 3.76. The van der Waals surface area contributed by atoms with E-state index < -0.39 is 0 Å². The molecule has 9 nitrogen and oxygen atoms in total. The van der Waals surface area contributed by atoms with Crippen LogP contribution in [0.25, 0.3) is 22.2 Å². The normalized spacial score (nSPS) is 11.9. The third-order valence-corrected chi connectivity index (χ3v) is 5.60. The summed E-state index contributed by atoms with van der Waals surface area (Å²) in [5.74, 6) is 1.55. The maximum absolute atomic E-state index is 12.9. The van der Waals surface area contributed by atoms with Crippen LogP contribution >= 0.6 is 0 Å². The summed E-state index contributed by atoms with van der Waals surface area (Å²) >= 11 is 0. The summed E-state index contributed by atoms with van der Waals surface area (Å²) in [6.45, 7) is 2.25. The lowest BCUT2D eigenvalue weighted by atomic mass is 10.2. The maximum atomic E-state index is 12.9. The predicted molar refractivity (Wildman–Crippen MR) is 129 cm³/mol. The molecular weight excluding hydrogens is 434 g/mol. The van der Waals surface area contributed by atoms with Crippen LogP contribution in [0.2, 0.25) is 0 Å². The van der Waals surface area contributed by atoms with Crippen molar-refractivity contribution in [2.24, 2.45) is 0 Å². The number of carbonyl (C=O) groups excluding carboxylic acids is 1. The lowest BCUT2D eigenvalue weighted by Crippen LogP contribution is -2.28. The topological polar surface area (TPSA) is 111 Å². The third kappa shape index (κ3) is 4.93. The predicted octanol–water partition coefficient (Wildman–Crippen LogP) is 3.46. The highest BCUT2D eigenvalue weighted by atomic mass is 16.5. The van der Waals surface area contributed by atoms with E-state index in [9.17, 15) is 9.59 Å². The zero-order valence-corrected chi connectivity index (χ0v) is 19.4. The first-order valence-corrected chi connectivity index (χ1v) is 11.0. The van der Waals surface area contributed by atoms with Crippen LogP contribution in [0, 0.1) is 0 Å². The van der Waals surface area contributed by atoms with Crippen LogP contribution in [0.5, 0.6) is 11.5 Å². The molecule has 2 aromatic heterocycles. The van der Waals surface area contributed by atoms with Crippen LogP contribution < -0.4 is 20.3 Å². The Morgan fingerprint density at radius 2 is 1.85 bits per heavy atom. The number of hydrogen-bond acceptors (Lipinski definition) is 6. The molecule has 1 amide bonds. The van der Waals surface area contributed by atoms with Crippen LogP contribution in [-0.4, -0.2) is 39.6 Å². The molecule has 34 heavy (non-hydrogen) atoms. The minimum absolute atomic E-state index is 0.113. The number of amides is 1. The van der Waals surface area contributed by atoms with Crippen LogP contribution in [0.4, 0.5) is 0 Å². The number of ether oxygens (including phenoxy) is 2. The van der Waals surface area contributed by atoms with Gasteiger partial charge in [-0.2, -0.15) is 0 Å². The molecule has 0 aliphatic rings. The van der Waals surface area contributed by atoms with Gasteiger partial charge < -0.3 is 19.8 Å². The van der Waals surface area contributed by atoms with Crippen molar-refractivity contribution in [3.63, 3.8) is 0 Å². The Balaban J connectivity index is 1.35. The molecule has 0 radical (unpaired) electrons. The number of methoxy groups -OCH3 is 2. The molecule has 1 atom stereocenters. The number of aryl methyl sites for hydroxylation is 1. The lowest BCUT2D eigenvalue weighted by Gasteiger charge is -2.12. The van der Waals surface area contributed by atoms with E-state index in [1.807, 2.05) is 37.3 Å². The molecule has 9 heteroatoms. The number of imidazole rings is 1. The summed E-state index contributed by atoms with van der Waals surface area (Å²) in [6.07, 6.45) is 4.02. The van der Waals surface area contributed by atoms with Gasteiger partial charge in [-0.15, -0.1) is 0 Å². The van der Waals surface area contributed by atoms with Gasteiger partial charge in [0.25, 0.3) is 5.56 Å². The van der Waals surface area contributed by atoms with Crippen molar-refractivity contribution in [3.8, 4) is 22.8 Å². The first kappa shape index (κ1) is 23.0. The van der Waals surface area contributed by atoms with E-state index in [0.717, 1.165) is 11.3 Å². The average Bonchev–Trinajstić information content (AvgIpc) is 3.36. The Morgan fingerprint density at radius 1 is 1.12 bits per heavy atom. The van der Waals surface area contributed by atoms with Gasteiger partial charge in [0.2, 0.25) is 5.91 Å². The van der Waals surface area contributed by atoms with Crippen LogP contribution in [-0.2, 0) is 11.3 Å². The maximum Gasteiger partial charge on any atom is 0.261 e. The fourth-order valence-corrected chi connectivity index (χ4v) is 3.76. The second kappa shape index (κ2) is 10.2. The molecular formula is C25H27N5O4. The number of carbonyl (C=O) groups is 1. The van der Waals surface area contributed by atoms with Crippen LogP contribution in [0.15, 0.2) is 59.8 Å². The number of rotatable bonds is 9. The zero-order valence-electron chi connectivity index (χ0n) is 19.4. The number of nitrogens with one attached hydrogen (secondary N) is 2. The van der Waals surface area contributed by atoms with Crippen molar-refractivity contribution in [2.45, 2.75) is 32.4 Å². The lowest BCUT2D eigenvalue weighted by molar-refractivity contribution is -0.121. The number of H-pyrrole nitrogens is 1. The highest BCUT2D eigenvalue weighted by Crippen LogP contribution is 2.29. The number of benzene rings is 2. The fraction of sp³-hybridized carbons (Fsp3) is 0.280. The standard InChI is InChI=1S/C25H27N5O4/c1-16(24-26-14-20(29-24)17-8-5-4-6-9-17)28-23(31)10-7-11-30-15-27-19-13-22(34-3)21(33-2)12-18(19)25(30)32/h4-6,8-9,12-16H,7,10-11H2,1-3H3,(H,26,29)(H,28,31). The minimum atomic E-state index is -0.266. The van der Waals surface area contributed by atoms with Crippen molar-refractivity contribution in [2.75, 3.05) is 14.2 Å². The summed E-state index contributed by atoms with van der Waals surface area (Å²) in [4.78, 5) is 37.3. The van der Waals surface area contributed by atoms with Gasteiger partial charge in [-0.05, 0) is 25.0 Å². The summed E-state index contributed by atoms with van der Waals surface area (Å²) in [7, 11) is 3.05. The van der Waals surface area contributed by atoms with E-state index in [0.29, 0.717) is 41.2 Å². The minimum Gasteiger partial charge on any atom is -0.493 e. The highest BCUT2D eigenvalue weighted by molar-refractivity contribution is 5.81. The third-order valence-electron chi connectivity index (χ3n) is 5.60. The summed E-state index contributed by atoms with van der Waals surface area (Å²) < 4.78 is 12.1.